The average molecular weight is 409 g/mol. The Morgan fingerprint density at radius 1 is 0.897 bits per heavy atom. The first-order chi connectivity index (χ1) is 14.2. The van der Waals surface area contributed by atoms with Crippen LogP contribution in [0.5, 0.6) is 0 Å². The number of ether oxygens (including phenoxy) is 1. The lowest BCUT2D eigenvalue weighted by Gasteiger charge is -2.46. The Bertz CT molecular complexity index is 707. The Balaban J connectivity index is 1.70. The van der Waals surface area contributed by atoms with Crippen LogP contribution < -0.4 is 0 Å². The Morgan fingerprint density at radius 2 is 1.55 bits per heavy atom. The highest BCUT2D eigenvalue weighted by Crippen LogP contribution is 2.68. The van der Waals surface area contributed by atoms with Crippen LogP contribution in [-0.4, -0.2) is 16.8 Å². The van der Waals surface area contributed by atoms with Crippen LogP contribution in [0.25, 0.3) is 0 Å². The summed E-state index contributed by atoms with van der Waals surface area (Å²) in [6.07, 6.45) is 10.2. The number of hydrogen-bond acceptors (Lipinski definition) is 2. The largest absolute Gasteiger partial charge is 0.364 e. The predicted molar refractivity (Wildman–Crippen MR) is 126 cm³/mol. The standard InChI is InChI=1S/C27H36OS/c1-3-4-7-13-22(2)29-27-19-12-18-26(27,20-21-28-27)25(23-14-8-5-9-15-23)24-16-10-6-11-17-24/h5-6,8-11,14-17,22,25H,3-4,7,12-13,18-21H2,1-2H3. The predicted octanol–water partition coefficient (Wildman–Crippen LogP) is 7.81. The second kappa shape index (κ2) is 9.27. The monoisotopic (exact) mass is 408 g/mol. The van der Waals surface area contributed by atoms with Crippen LogP contribution in [0.4, 0.5) is 0 Å². The Morgan fingerprint density at radius 3 is 2.17 bits per heavy atom. The van der Waals surface area contributed by atoms with E-state index < -0.39 is 0 Å². The molecule has 156 valence electrons. The third-order valence-electron chi connectivity index (χ3n) is 7.19. The molecule has 2 aromatic carbocycles. The number of hydrogen-bond donors (Lipinski definition) is 0. The molecule has 1 saturated heterocycles. The van der Waals surface area contributed by atoms with Crippen molar-refractivity contribution >= 4 is 11.8 Å². The number of thioether (sulfide) groups is 1. The summed E-state index contributed by atoms with van der Waals surface area (Å²) in [5.41, 5.74) is 3.10. The van der Waals surface area contributed by atoms with Gasteiger partial charge in [-0.25, -0.2) is 0 Å². The second-order valence-corrected chi connectivity index (χ2v) is 10.7. The van der Waals surface area contributed by atoms with Gasteiger partial charge in [0.1, 0.15) is 4.93 Å². The van der Waals surface area contributed by atoms with Gasteiger partial charge in [0.25, 0.3) is 0 Å². The molecule has 0 spiro atoms. The lowest BCUT2D eigenvalue weighted by Crippen LogP contribution is -2.43. The molecule has 0 amide bonds. The van der Waals surface area contributed by atoms with Crippen LogP contribution in [0.3, 0.4) is 0 Å². The molecule has 0 aromatic heterocycles. The smallest absolute Gasteiger partial charge is 0.120 e. The van der Waals surface area contributed by atoms with Gasteiger partial charge in [0, 0.05) is 23.2 Å². The molecule has 1 nitrogen and oxygen atoms in total. The summed E-state index contributed by atoms with van der Waals surface area (Å²) in [5.74, 6) is 0.408. The topological polar surface area (TPSA) is 9.23 Å². The minimum Gasteiger partial charge on any atom is -0.364 e. The van der Waals surface area contributed by atoms with E-state index in [1.54, 1.807) is 0 Å². The van der Waals surface area contributed by atoms with E-state index in [0.717, 1.165) is 6.61 Å². The molecule has 0 radical (unpaired) electrons. The highest BCUT2D eigenvalue weighted by atomic mass is 32.2. The minimum absolute atomic E-state index is 0.0328. The van der Waals surface area contributed by atoms with Crippen LogP contribution in [0.1, 0.15) is 82.3 Å². The van der Waals surface area contributed by atoms with Crippen LogP contribution in [0.15, 0.2) is 60.7 Å². The van der Waals surface area contributed by atoms with Crippen molar-refractivity contribution in [3.05, 3.63) is 71.8 Å². The van der Waals surface area contributed by atoms with E-state index in [4.69, 9.17) is 4.74 Å². The van der Waals surface area contributed by atoms with Gasteiger partial charge in [0.15, 0.2) is 0 Å². The molecule has 2 fully saturated rings. The van der Waals surface area contributed by atoms with Crippen LogP contribution >= 0.6 is 11.8 Å². The van der Waals surface area contributed by atoms with E-state index in [1.807, 2.05) is 0 Å². The Labute approximate surface area is 181 Å². The molecular weight excluding hydrogens is 372 g/mol. The van der Waals surface area contributed by atoms with Crippen LogP contribution in [-0.2, 0) is 4.74 Å². The maximum Gasteiger partial charge on any atom is 0.120 e. The minimum atomic E-state index is -0.0328. The summed E-state index contributed by atoms with van der Waals surface area (Å²) in [7, 11) is 0. The van der Waals surface area contributed by atoms with Crippen molar-refractivity contribution in [1.29, 1.82) is 0 Å². The third-order valence-corrected chi connectivity index (χ3v) is 8.94. The quantitative estimate of drug-likeness (QED) is 0.391. The molecule has 1 aliphatic carbocycles. The van der Waals surface area contributed by atoms with Crippen molar-refractivity contribution in [2.75, 3.05) is 6.61 Å². The molecule has 1 saturated carbocycles. The zero-order valence-electron chi connectivity index (χ0n) is 18.1. The van der Waals surface area contributed by atoms with Crippen molar-refractivity contribution in [1.82, 2.24) is 0 Å². The average Bonchev–Trinajstić information content (AvgIpc) is 3.25. The molecule has 2 aromatic rings. The van der Waals surface area contributed by atoms with Gasteiger partial charge in [0.2, 0.25) is 0 Å². The maximum absolute atomic E-state index is 6.73. The molecule has 1 aliphatic heterocycles. The fourth-order valence-corrected chi connectivity index (χ4v) is 7.82. The zero-order valence-corrected chi connectivity index (χ0v) is 18.9. The van der Waals surface area contributed by atoms with Gasteiger partial charge >= 0.3 is 0 Å². The molecule has 0 N–H and O–H groups in total. The Hall–Kier alpha value is -1.25. The molecule has 3 unspecified atom stereocenters. The first kappa shape index (κ1) is 21.0. The van der Waals surface area contributed by atoms with Crippen molar-refractivity contribution in [3.8, 4) is 0 Å². The molecule has 29 heavy (non-hydrogen) atoms. The maximum atomic E-state index is 6.73. The normalized spacial score (nSPS) is 27.3. The van der Waals surface area contributed by atoms with Crippen molar-refractivity contribution < 1.29 is 4.74 Å². The summed E-state index contributed by atoms with van der Waals surface area (Å²) in [6.45, 7) is 5.63. The number of benzene rings is 2. The molecule has 3 atom stereocenters. The van der Waals surface area contributed by atoms with Gasteiger partial charge in [-0.3, -0.25) is 0 Å². The van der Waals surface area contributed by atoms with Crippen molar-refractivity contribution in [2.45, 2.75) is 81.3 Å². The zero-order chi connectivity index (χ0) is 20.2. The van der Waals surface area contributed by atoms with E-state index in [1.165, 1.54) is 62.5 Å². The van der Waals surface area contributed by atoms with Crippen molar-refractivity contribution in [3.63, 3.8) is 0 Å². The van der Waals surface area contributed by atoms with Gasteiger partial charge in [-0.1, -0.05) is 93.8 Å². The first-order valence-corrected chi connectivity index (χ1v) is 12.5. The van der Waals surface area contributed by atoms with E-state index in [-0.39, 0.29) is 10.3 Å². The number of rotatable bonds is 9. The third kappa shape index (κ3) is 4.03. The first-order valence-electron chi connectivity index (χ1n) is 11.6. The second-order valence-electron chi connectivity index (χ2n) is 9.04. The summed E-state index contributed by atoms with van der Waals surface area (Å²) in [4.78, 5) is -0.0328. The van der Waals surface area contributed by atoms with Crippen LogP contribution in [0.2, 0.25) is 0 Å². The molecule has 2 heteroatoms. The summed E-state index contributed by atoms with van der Waals surface area (Å²) < 4.78 is 6.73. The summed E-state index contributed by atoms with van der Waals surface area (Å²) in [6, 6.07) is 22.4. The lowest BCUT2D eigenvalue weighted by atomic mass is 9.65. The Kier molecular flexibility index (Phi) is 6.71. The fourth-order valence-electron chi connectivity index (χ4n) is 5.91. The highest BCUT2D eigenvalue weighted by molar-refractivity contribution is 8.01. The lowest BCUT2D eigenvalue weighted by molar-refractivity contribution is 0.0301. The fraction of sp³-hybridized carbons (Fsp3) is 0.556. The van der Waals surface area contributed by atoms with Gasteiger partial charge in [0.05, 0.1) is 0 Å². The van der Waals surface area contributed by atoms with E-state index in [2.05, 4.69) is 86.3 Å². The van der Waals surface area contributed by atoms with Gasteiger partial charge < -0.3 is 4.74 Å². The van der Waals surface area contributed by atoms with Gasteiger partial charge in [-0.15, -0.1) is 11.8 Å². The highest BCUT2D eigenvalue weighted by Gasteiger charge is 2.63. The van der Waals surface area contributed by atoms with Crippen LogP contribution in [0, 0.1) is 5.41 Å². The molecule has 0 bridgehead atoms. The van der Waals surface area contributed by atoms with E-state index in [9.17, 15) is 0 Å². The van der Waals surface area contributed by atoms with Gasteiger partial charge in [-0.05, 0) is 43.2 Å². The molecule has 2 aliphatic rings. The molecule has 4 rings (SSSR count). The van der Waals surface area contributed by atoms with E-state index >= 15 is 0 Å². The number of fused-ring (bicyclic) bond motifs is 1. The van der Waals surface area contributed by atoms with E-state index in [0.29, 0.717) is 11.2 Å². The summed E-state index contributed by atoms with van der Waals surface area (Å²) in [5, 5.41) is 0.657. The SMILES string of the molecule is CCCCCC(C)SC12CCCC1(C(c1ccccc1)c1ccccc1)CCO2. The van der Waals surface area contributed by atoms with Gasteiger partial charge in [-0.2, -0.15) is 0 Å². The van der Waals surface area contributed by atoms with Crippen molar-refractivity contribution in [2.24, 2.45) is 5.41 Å². The summed E-state index contributed by atoms with van der Waals surface area (Å²) >= 11 is 2.17. The molecular formula is C27H36OS. The molecule has 1 heterocycles. The number of unbranched alkanes of at least 4 members (excludes halogenated alkanes) is 2.